The first-order valence-corrected chi connectivity index (χ1v) is 3.64. The Labute approximate surface area is 52.1 Å². The Balaban J connectivity index is 2.54. The number of aryl methyl sites for hydroxylation is 1. The smallest absolute Gasteiger partial charge is 0.118 e. The SMILES string of the molecule is c1cc2c(o1)CCS2. The lowest BCUT2D eigenvalue weighted by atomic mass is 10.4. The Morgan fingerprint density at radius 2 is 2.62 bits per heavy atom. The molecule has 8 heavy (non-hydrogen) atoms. The van der Waals surface area contributed by atoms with Crippen LogP contribution in [-0.2, 0) is 6.42 Å². The molecule has 0 radical (unpaired) electrons. The van der Waals surface area contributed by atoms with Crippen LogP contribution in [0.25, 0.3) is 0 Å². The first-order chi connectivity index (χ1) is 3.97. The first kappa shape index (κ1) is 4.50. The molecule has 1 aliphatic rings. The van der Waals surface area contributed by atoms with Crippen LogP contribution in [0, 0.1) is 0 Å². The third kappa shape index (κ3) is 0.494. The number of hydrogen-bond acceptors (Lipinski definition) is 2. The highest BCUT2D eigenvalue weighted by atomic mass is 32.2. The molecule has 0 aliphatic carbocycles. The van der Waals surface area contributed by atoms with Crippen LogP contribution < -0.4 is 0 Å². The summed E-state index contributed by atoms with van der Waals surface area (Å²) in [6, 6.07) is 2.03. The summed E-state index contributed by atoms with van der Waals surface area (Å²) in [4.78, 5) is 1.34. The summed E-state index contributed by atoms with van der Waals surface area (Å²) in [5.41, 5.74) is 0. The highest BCUT2D eigenvalue weighted by Gasteiger charge is 2.12. The van der Waals surface area contributed by atoms with Gasteiger partial charge in [-0.25, -0.2) is 0 Å². The summed E-state index contributed by atoms with van der Waals surface area (Å²) in [6.07, 6.45) is 2.88. The van der Waals surface area contributed by atoms with Gasteiger partial charge < -0.3 is 4.42 Å². The molecule has 1 nitrogen and oxygen atoms in total. The molecule has 0 saturated heterocycles. The van der Waals surface area contributed by atoms with Crippen LogP contribution in [0.1, 0.15) is 5.76 Å². The second-order valence-corrected chi connectivity index (χ2v) is 2.94. The van der Waals surface area contributed by atoms with E-state index in [1.165, 1.54) is 16.4 Å². The third-order valence-electron chi connectivity index (χ3n) is 1.29. The number of furan rings is 1. The summed E-state index contributed by atoms with van der Waals surface area (Å²) in [6.45, 7) is 0. The summed E-state index contributed by atoms with van der Waals surface area (Å²) < 4.78 is 5.16. The fourth-order valence-corrected chi connectivity index (χ4v) is 1.86. The zero-order valence-electron chi connectivity index (χ0n) is 4.39. The third-order valence-corrected chi connectivity index (χ3v) is 2.37. The minimum Gasteiger partial charge on any atom is -0.468 e. The predicted octanol–water partition coefficient (Wildman–Crippen LogP) is 1.93. The van der Waals surface area contributed by atoms with Crippen LogP contribution in [0.3, 0.4) is 0 Å². The second-order valence-electron chi connectivity index (χ2n) is 1.81. The molecule has 0 saturated carbocycles. The van der Waals surface area contributed by atoms with E-state index in [0.717, 1.165) is 6.42 Å². The molecule has 0 N–H and O–H groups in total. The largest absolute Gasteiger partial charge is 0.468 e. The Morgan fingerprint density at radius 3 is 3.50 bits per heavy atom. The van der Waals surface area contributed by atoms with E-state index in [1.807, 2.05) is 17.8 Å². The number of thioether (sulfide) groups is 1. The van der Waals surface area contributed by atoms with Crippen LogP contribution in [0.2, 0.25) is 0 Å². The van der Waals surface area contributed by atoms with Crippen LogP contribution in [0.15, 0.2) is 21.6 Å². The molecule has 0 atom stereocenters. The molecule has 0 fully saturated rings. The quantitative estimate of drug-likeness (QED) is 0.527. The van der Waals surface area contributed by atoms with Gasteiger partial charge in [0.2, 0.25) is 0 Å². The minimum absolute atomic E-state index is 1.12. The Bertz CT molecular complexity index is 174. The van der Waals surface area contributed by atoms with Gasteiger partial charge in [-0.15, -0.1) is 11.8 Å². The Kier molecular flexibility index (Phi) is 0.875. The van der Waals surface area contributed by atoms with Crippen molar-refractivity contribution >= 4 is 11.8 Å². The van der Waals surface area contributed by atoms with Crippen molar-refractivity contribution in [2.24, 2.45) is 0 Å². The fourth-order valence-electron chi connectivity index (χ4n) is 0.893. The standard InChI is InChI=1S/C6H6OS/c1-3-7-5-2-4-8-6(1)5/h1,3H,2,4H2. The van der Waals surface area contributed by atoms with E-state index in [9.17, 15) is 0 Å². The van der Waals surface area contributed by atoms with Gasteiger partial charge in [-0.2, -0.15) is 0 Å². The average Bonchev–Trinajstić information content (AvgIpc) is 2.15. The molecule has 0 spiro atoms. The van der Waals surface area contributed by atoms with E-state index in [1.54, 1.807) is 6.26 Å². The van der Waals surface area contributed by atoms with Crippen molar-refractivity contribution < 1.29 is 4.42 Å². The molecule has 2 rings (SSSR count). The van der Waals surface area contributed by atoms with Crippen LogP contribution in [0.5, 0.6) is 0 Å². The minimum atomic E-state index is 1.12. The summed E-state index contributed by atoms with van der Waals surface area (Å²) in [7, 11) is 0. The van der Waals surface area contributed by atoms with Crippen molar-refractivity contribution in [3.8, 4) is 0 Å². The van der Waals surface area contributed by atoms with Gasteiger partial charge in [0.1, 0.15) is 5.76 Å². The van der Waals surface area contributed by atoms with E-state index in [-0.39, 0.29) is 0 Å². The summed E-state index contributed by atoms with van der Waals surface area (Å²) in [5, 5.41) is 0. The first-order valence-electron chi connectivity index (χ1n) is 2.66. The zero-order valence-corrected chi connectivity index (χ0v) is 5.20. The molecule has 42 valence electrons. The normalized spacial score (nSPS) is 16.5. The molecule has 1 aromatic rings. The average molecular weight is 126 g/mol. The van der Waals surface area contributed by atoms with Gasteiger partial charge >= 0.3 is 0 Å². The van der Waals surface area contributed by atoms with E-state index in [4.69, 9.17) is 4.42 Å². The molecular formula is C6H6OS. The van der Waals surface area contributed by atoms with Gasteiger partial charge in [-0.3, -0.25) is 0 Å². The van der Waals surface area contributed by atoms with Gasteiger partial charge in [-0.05, 0) is 6.07 Å². The van der Waals surface area contributed by atoms with Crippen LogP contribution >= 0.6 is 11.8 Å². The molecular weight excluding hydrogens is 120 g/mol. The second kappa shape index (κ2) is 1.55. The molecule has 2 heterocycles. The maximum atomic E-state index is 5.16. The van der Waals surface area contributed by atoms with Crippen molar-refractivity contribution in [1.29, 1.82) is 0 Å². The highest BCUT2D eigenvalue weighted by molar-refractivity contribution is 7.99. The molecule has 0 amide bonds. The van der Waals surface area contributed by atoms with E-state index >= 15 is 0 Å². The number of fused-ring (bicyclic) bond motifs is 1. The van der Waals surface area contributed by atoms with Gasteiger partial charge in [0.05, 0.1) is 6.26 Å². The van der Waals surface area contributed by atoms with Crippen molar-refractivity contribution in [2.75, 3.05) is 5.75 Å². The Morgan fingerprint density at radius 1 is 1.62 bits per heavy atom. The molecule has 0 bridgehead atoms. The monoisotopic (exact) mass is 126 g/mol. The molecule has 2 heteroatoms. The maximum Gasteiger partial charge on any atom is 0.118 e. The van der Waals surface area contributed by atoms with Crippen molar-refractivity contribution in [3.05, 3.63) is 18.1 Å². The van der Waals surface area contributed by atoms with Crippen molar-refractivity contribution in [2.45, 2.75) is 11.3 Å². The van der Waals surface area contributed by atoms with Gasteiger partial charge in [-0.1, -0.05) is 0 Å². The fraction of sp³-hybridized carbons (Fsp3) is 0.333. The Hall–Kier alpha value is -0.370. The van der Waals surface area contributed by atoms with E-state index in [2.05, 4.69) is 0 Å². The van der Waals surface area contributed by atoms with Crippen molar-refractivity contribution in [3.63, 3.8) is 0 Å². The summed E-state index contributed by atoms with van der Waals surface area (Å²) >= 11 is 1.88. The molecule has 1 aliphatic heterocycles. The number of hydrogen-bond donors (Lipinski definition) is 0. The lowest BCUT2D eigenvalue weighted by molar-refractivity contribution is 0.513. The lowest BCUT2D eigenvalue weighted by Gasteiger charge is -1.77. The molecule has 1 aromatic heterocycles. The van der Waals surface area contributed by atoms with E-state index < -0.39 is 0 Å². The summed E-state index contributed by atoms with van der Waals surface area (Å²) in [5.74, 6) is 2.38. The lowest BCUT2D eigenvalue weighted by Crippen LogP contribution is -1.72. The van der Waals surface area contributed by atoms with Gasteiger partial charge in [0.25, 0.3) is 0 Å². The van der Waals surface area contributed by atoms with Gasteiger partial charge in [0, 0.05) is 17.1 Å². The molecule has 0 aromatic carbocycles. The van der Waals surface area contributed by atoms with E-state index in [0.29, 0.717) is 0 Å². The predicted molar refractivity (Wildman–Crippen MR) is 33.1 cm³/mol. The van der Waals surface area contributed by atoms with Gasteiger partial charge in [0.15, 0.2) is 0 Å². The highest BCUT2D eigenvalue weighted by Crippen LogP contribution is 2.31. The van der Waals surface area contributed by atoms with Crippen LogP contribution in [0.4, 0.5) is 0 Å². The zero-order chi connectivity index (χ0) is 5.40. The van der Waals surface area contributed by atoms with Crippen LogP contribution in [-0.4, -0.2) is 5.75 Å². The number of rotatable bonds is 0. The topological polar surface area (TPSA) is 13.1 Å². The maximum absolute atomic E-state index is 5.16. The molecule has 0 unspecified atom stereocenters. The van der Waals surface area contributed by atoms with Crippen molar-refractivity contribution in [1.82, 2.24) is 0 Å².